The first kappa shape index (κ1) is 21.7. The van der Waals surface area contributed by atoms with Crippen LogP contribution in [0.5, 0.6) is 0 Å². The molecular weight excluding hydrogens is 380 g/mol. The van der Waals surface area contributed by atoms with E-state index >= 15 is 0 Å². The van der Waals surface area contributed by atoms with Crippen molar-refractivity contribution in [1.29, 1.82) is 0 Å². The number of H-pyrrole nitrogens is 1. The number of methoxy groups -OCH3 is 1. The summed E-state index contributed by atoms with van der Waals surface area (Å²) in [6, 6.07) is 9.13. The van der Waals surface area contributed by atoms with Crippen LogP contribution >= 0.6 is 11.8 Å². The van der Waals surface area contributed by atoms with Crippen LogP contribution in [0.2, 0.25) is 0 Å². The molecule has 0 aliphatic carbocycles. The molecule has 2 atom stereocenters. The number of nitrogens with zero attached hydrogens (tertiary/aromatic N) is 2. The Morgan fingerprint density at radius 1 is 1.32 bits per heavy atom. The van der Waals surface area contributed by atoms with E-state index in [-0.39, 0.29) is 23.3 Å². The van der Waals surface area contributed by atoms with Crippen LogP contribution in [0.25, 0.3) is 0 Å². The second kappa shape index (κ2) is 10.7. The largest absolute Gasteiger partial charge is 0.467 e. The lowest BCUT2D eigenvalue weighted by atomic mass is 9.99. The molecule has 0 saturated carbocycles. The number of nitrogens with one attached hydrogen (secondary N) is 2. The summed E-state index contributed by atoms with van der Waals surface area (Å²) >= 11 is 1.15. The van der Waals surface area contributed by atoms with Gasteiger partial charge in [-0.15, -0.1) is 5.10 Å². The average Bonchev–Trinajstić information content (AvgIpc) is 3.07. The molecule has 0 spiro atoms. The van der Waals surface area contributed by atoms with Crippen molar-refractivity contribution in [2.24, 2.45) is 5.92 Å². The Hall–Kier alpha value is -2.55. The zero-order valence-corrected chi connectivity index (χ0v) is 17.1. The minimum Gasteiger partial charge on any atom is -0.467 e. The normalized spacial score (nSPS) is 13.0. The van der Waals surface area contributed by atoms with E-state index in [0.29, 0.717) is 18.1 Å². The van der Waals surface area contributed by atoms with Gasteiger partial charge in [-0.3, -0.25) is 9.36 Å². The molecule has 152 valence electrons. The number of carbonyl (C=O) groups excluding carboxylic acids is 2. The number of carbonyl (C=O) groups is 2. The smallest absolute Gasteiger partial charge is 0.343 e. The van der Waals surface area contributed by atoms with Crippen LogP contribution in [0.15, 0.2) is 40.3 Å². The predicted octanol–water partition coefficient (Wildman–Crippen LogP) is 1.61. The van der Waals surface area contributed by atoms with Gasteiger partial charge in [0.25, 0.3) is 0 Å². The minimum absolute atomic E-state index is 0.0412. The van der Waals surface area contributed by atoms with Crippen molar-refractivity contribution < 1.29 is 14.3 Å². The SMILES string of the molecule is CC[C@@H](C)[C@@H](NC(=O)CSc1n[nH]c(=O)n1CCc1ccccc1)C(=O)OC. The fourth-order valence-electron chi connectivity index (χ4n) is 2.64. The van der Waals surface area contributed by atoms with Crippen LogP contribution in [0, 0.1) is 5.92 Å². The van der Waals surface area contributed by atoms with Crippen molar-refractivity contribution in [3.8, 4) is 0 Å². The topological polar surface area (TPSA) is 106 Å². The first-order valence-corrected chi connectivity index (χ1v) is 10.1. The van der Waals surface area contributed by atoms with E-state index in [2.05, 4.69) is 15.5 Å². The average molecular weight is 407 g/mol. The highest BCUT2D eigenvalue weighted by atomic mass is 32.2. The Bertz CT molecular complexity index is 834. The van der Waals surface area contributed by atoms with Crippen molar-refractivity contribution in [1.82, 2.24) is 20.1 Å². The highest BCUT2D eigenvalue weighted by molar-refractivity contribution is 7.99. The summed E-state index contributed by atoms with van der Waals surface area (Å²) in [5.74, 6) is -0.784. The number of rotatable bonds is 10. The molecule has 9 heteroatoms. The summed E-state index contributed by atoms with van der Waals surface area (Å²) in [6.45, 7) is 4.28. The Balaban J connectivity index is 1.95. The molecule has 1 amide bonds. The third kappa shape index (κ3) is 5.98. The van der Waals surface area contributed by atoms with Gasteiger partial charge in [-0.25, -0.2) is 14.7 Å². The van der Waals surface area contributed by atoms with Gasteiger partial charge >= 0.3 is 11.7 Å². The third-order valence-electron chi connectivity index (χ3n) is 4.51. The monoisotopic (exact) mass is 406 g/mol. The second-order valence-corrected chi connectivity index (χ2v) is 7.38. The van der Waals surface area contributed by atoms with E-state index in [4.69, 9.17) is 4.74 Å². The fourth-order valence-corrected chi connectivity index (χ4v) is 3.42. The fraction of sp³-hybridized carbons (Fsp3) is 0.474. The first-order chi connectivity index (χ1) is 13.5. The number of aromatic nitrogens is 3. The maximum atomic E-state index is 12.3. The molecule has 0 radical (unpaired) electrons. The number of amides is 1. The molecule has 0 fully saturated rings. The molecule has 2 aromatic rings. The summed E-state index contributed by atoms with van der Waals surface area (Å²) in [5.41, 5.74) is 0.796. The van der Waals surface area contributed by atoms with Gasteiger partial charge in [-0.05, 0) is 17.9 Å². The molecule has 0 unspecified atom stereocenters. The van der Waals surface area contributed by atoms with Crippen LogP contribution in [-0.4, -0.2) is 45.5 Å². The van der Waals surface area contributed by atoms with Crippen molar-refractivity contribution in [3.63, 3.8) is 0 Å². The van der Waals surface area contributed by atoms with Gasteiger partial charge in [0.15, 0.2) is 5.16 Å². The van der Waals surface area contributed by atoms with Gasteiger partial charge in [0.05, 0.1) is 12.9 Å². The summed E-state index contributed by atoms with van der Waals surface area (Å²) in [7, 11) is 1.30. The molecule has 0 saturated heterocycles. The number of aryl methyl sites for hydroxylation is 1. The maximum absolute atomic E-state index is 12.3. The second-order valence-electron chi connectivity index (χ2n) is 6.44. The van der Waals surface area contributed by atoms with Gasteiger partial charge in [-0.2, -0.15) is 0 Å². The Kier molecular flexibility index (Phi) is 8.31. The zero-order valence-electron chi connectivity index (χ0n) is 16.3. The summed E-state index contributed by atoms with van der Waals surface area (Å²) in [4.78, 5) is 36.2. The molecule has 1 aromatic heterocycles. The van der Waals surface area contributed by atoms with Crippen molar-refractivity contribution in [2.75, 3.05) is 12.9 Å². The van der Waals surface area contributed by atoms with Crippen LogP contribution in [-0.2, 0) is 27.3 Å². The van der Waals surface area contributed by atoms with Crippen molar-refractivity contribution in [3.05, 3.63) is 46.4 Å². The van der Waals surface area contributed by atoms with Crippen LogP contribution in [0.4, 0.5) is 0 Å². The van der Waals surface area contributed by atoms with E-state index < -0.39 is 12.0 Å². The minimum atomic E-state index is -0.692. The number of aromatic amines is 1. The lowest BCUT2D eigenvalue weighted by Crippen LogP contribution is -2.46. The van der Waals surface area contributed by atoms with Gasteiger partial charge in [0, 0.05) is 6.54 Å². The first-order valence-electron chi connectivity index (χ1n) is 9.15. The Morgan fingerprint density at radius 2 is 2.04 bits per heavy atom. The van der Waals surface area contributed by atoms with Crippen LogP contribution in [0.1, 0.15) is 25.8 Å². The van der Waals surface area contributed by atoms with Gasteiger partial charge in [0.2, 0.25) is 5.91 Å². The molecule has 2 N–H and O–H groups in total. The van der Waals surface area contributed by atoms with Gasteiger partial charge < -0.3 is 10.1 Å². The summed E-state index contributed by atoms with van der Waals surface area (Å²) in [6.07, 6.45) is 1.41. The highest BCUT2D eigenvalue weighted by Gasteiger charge is 2.26. The number of thioether (sulfide) groups is 1. The molecule has 0 bridgehead atoms. The molecule has 1 aromatic carbocycles. The van der Waals surface area contributed by atoms with E-state index in [1.165, 1.54) is 11.7 Å². The van der Waals surface area contributed by atoms with E-state index in [0.717, 1.165) is 23.7 Å². The quantitative estimate of drug-likeness (QED) is 0.459. The number of hydrogen-bond donors (Lipinski definition) is 2. The molecule has 2 rings (SSSR count). The molecule has 1 heterocycles. The maximum Gasteiger partial charge on any atom is 0.343 e. The number of ether oxygens (including phenoxy) is 1. The number of hydrogen-bond acceptors (Lipinski definition) is 6. The molecule has 0 aliphatic heterocycles. The molecule has 28 heavy (non-hydrogen) atoms. The summed E-state index contributed by atoms with van der Waals surface area (Å²) < 4.78 is 6.28. The van der Waals surface area contributed by atoms with Gasteiger partial charge in [-0.1, -0.05) is 62.4 Å². The van der Waals surface area contributed by atoms with E-state index in [1.807, 2.05) is 44.2 Å². The molecule has 0 aliphatic rings. The van der Waals surface area contributed by atoms with Crippen molar-refractivity contribution in [2.45, 2.75) is 44.4 Å². The highest BCUT2D eigenvalue weighted by Crippen LogP contribution is 2.15. The van der Waals surface area contributed by atoms with Gasteiger partial charge in [0.1, 0.15) is 6.04 Å². The number of benzene rings is 1. The zero-order chi connectivity index (χ0) is 20.5. The molecular formula is C19H26N4O4S. The number of esters is 1. The van der Waals surface area contributed by atoms with Crippen LogP contribution in [0.3, 0.4) is 0 Å². The molecule has 8 nitrogen and oxygen atoms in total. The van der Waals surface area contributed by atoms with Crippen LogP contribution < -0.4 is 11.0 Å². The van der Waals surface area contributed by atoms with E-state index in [1.54, 1.807) is 0 Å². The lowest BCUT2D eigenvalue weighted by molar-refractivity contribution is -0.146. The summed E-state index contributed by atoms with van der Waals surface area (Å²) in [5, 5.41) is 9.57. The Morgan fingerprint density at radius 3 is 2.68 bits per heavy atom. The lowest BCUT2D eigenvalue weighted by Gasteiger charge is -2.21. The third-order valence-corrected chi connectivity index (χ3v) is 5.48. The van der Waals surface area contributed by atoms with Crippen molar-refractivity contribution >= 4 is 23.6 Å². The Labute approximate surface area is 168 Å². The standard InChI is InChI=1S/C19H26N4O4S/c1-4-13(2)16(17(25)27-3)20-15(24)12-28-19-22-21-18(26)23(19)11-10-14-8-6-5-7-9-14/h5-9,13,16H,4,10-12H2,1-3H3,(H,20,24)(H,21,26)/t13-,16-/m1/s1. The van der Waals surface area contributed by atoms with E-state index in [9.17, 15) is 14.4 Å². The predicted molar refractivity (Wildman–Crippen MR) is 107 cm³/mol.